The lowest BCUT2D eigenvalue weighted by Crippen LogP contribution is -2.21. The van der Waals surface area contributed by atoms with Gasteiger partial charge in [-0.05, 0) is 31.8 Å². The van der Waals surface area contributed by atoms with Gasteiger partial charge in [-0.15, -0.1) is 11.3 Å². The van der Waals surface area contributed by atoms with E-state index in [-0.39, 0.29) is 6.10 Å². The topological polar surface area (TPSA) is 49.5 Å². The van der Waals surface area contributed by atoms with Gasteiger partial charge in [0.25, 0.3) is 0 Å². The Balaban J connectivity index is 2.53. The molecule has 1 aromatic heterocycles. The predicted octanol–water partition coefficient (Wildman–Crippen LogP) is 1.26. The standard InChI is InChI=1S/C13H20N2OS/c1-11(16)5-8-15(2)10-13-12(4-3-7-14)6-9-17-13/h6,9,11,16H,5,7-8,10,14H2,1-2H3. The third kappa shape index (κ3) is 5.33. The minimum absolute atomic E-state index is 0.239. The maximum absolute atomic E-state index is 9.24. The summed E-state index contributed by atoms with van der Waals surface area (Å²) in [5, 5.41) is 11.3. The van der Waals surface area contributed by atoms with Gasteiger partial charge in [0, 0.05) is 23.5 Å². The second kappa shape index (κ2) is 7.46. The van der Waals surface area contributed by atoms with Crippen LogP contribution in [0.2, 0.25) is 0 Å². The van der Waals surface area contributed by atoms with Crippen LogP contribution >= 0.6 is 11.3 Å². The van der Waals surface area contributed by atoms with Gasteiger partial charge in [-0.2, -0.15) is 0 Å². The summed E-state index contributed by atoms with van der Waals surface area (Å²) in [5.41, 5.74) is 6.44. The smallest absolute Gasteiger partial charge is 0.0555 e. The van der Waals surface area contributed by atoms with Crippen LogP contribution < -0.4 is 5.73 Å². The summed E-state index contributed by atoms with van der Waals surface area (Å²) in [6.45, 7) is 3.97. The lowest BCUT2D eigenvalue weighted by atomic mass is 10.2. The molecule has 0 saturated carbocycles. The molecule has 1 heterocycles. The fourth-order valence-electron chi connectivity index (χ4n) is 1.45. The maximum Gasteiger partial charge on any atom is 0.0555 e. The van der Waals surface area contributed by atoms with Crippen LogP contribution in [0.25, 0.3) is 0 Å². The number of hydrogen-bond donors (Lipinski definition) is 2. The Bertz CT molecular complexity index is 390. The van der Waals surface area contributed by atoms with Gasteiger partial charge in [0.1, 0.15) is 0 Å². The van der Waals surface area contributed by atoms with Crippen molar-refractivity contribution in [2.75, 3.05) is 20.1 Å². The first-order valence-corrected chi connectivity index (χ1v) is 6.63. The van der Waals surface area contributed by atoms with E-state index in [9.17, 15) is 5.11 Å². The van der Waals surface area contributed by atoms with Crippen molar-refractivity contribution in [3.63, 3.8) is 0 Å². The molecule has 0 radical (unpaired) electrons. The fourth-order valence-corrected chi connectivity index (χ4v) is 2.36. The van der Waals surface area contributed by atoms with Crippen LogP contribution in [0.1, 0.15) is 23.8 Å². The Labute approximate surface area is 107 Å². The zero-order valence-corrected chi connectivity index (χ0v) is 11.3. The summed E-state index contributed by atoms with van der Waals surface area (Å²) in [6.07, 6.45) is 0.559. The van der Waals surface area contributed by atoms with Crippen LogP contribution in [0, 0.1) is 11.8 Å². The van der Waals surface area contributed by atoms with E-state index < -0.39 is 0 Å². The summed E-state index contributed by atoms with van der Waals surface area (Å²) < 4.78 is 0. The van der Waals surface area contributed by atoms with Crippen molar-refractivity contribution in [1.29, 1.82) is 0 Å². The SMILES string of the molecule is CC(O)CCN(C)Cc1sccc1C#CCN. The fraction of sp³-hybridized carbons (Fsp3) is 0.538. The highest BCUT2D eigenvalue weighted by molar-refractivity contribution is 7.10. The first kappa shape index (κ1) is 14.2. The molecule has 3 N–H and O–H groups in total. The number of hydrogen-bond acceptors (Lipinski definition) is 4. The Morgan fingerprint density at radius 3 is 3.00 bits per heavy atom. The number of aliphatic hydroxyl groups excluding tert-OH is 1. The molecule has 1 aromatic rings. The Morgan fingerprint density at radius 1 is 1.59 bits per heavy atom. The van der Waals surface area contributed by atoms with Gasteiger partial charge in [0.15, 0.2) is 0 Å². The normalized spacial score (nSPS) is 12.3. The van der Waals surface area contributed by atoms with Crippen molar-refractivity contribution in [2.24, 2.45) is 5.73 Å². The average molecular weight is 252 g/mol. The molecule has 4 heteroatoms. The first-order valence-electron chi connectivity index (χ1n) is 5.75. The quantitative estimate of drug-likeness (QED) is 0.776. The molecule has 0 saturated heterocycles. The zero-order chi connectivity index (χ0) is 12.7. The summed E-state index contributed by atoms with van der Waals surface area (Å²) >= 11 is 1.72. The highest BCUT2D eigenvalue weighted by Gasteiger charge is 2.06. The van der Waals surface area contributed by atoms with Crippen molar-refractivity contribution in [1.82, 2.24) is 4.90 Å². The molecular formula is C13H20N2OS. The van der Waals surface area contributed by atoms with Crippen molar-refractivity contribution >= 4 is 11.3 Å². The third-order valence-electron chi connectivity index (χ3n) is 2.41. The van der Waals surface area contributed by atoms with Crippen molar-refractivity contribution in [3.8, 4) is 11.8 Å². The van der Waals surface area contributed by atoms with Crippen LogP contribution in [0.3, 0.4) is 0 Å². The molecule has 0 aromatic carbocycles. The molecule has 0 aliphatic rings. The molecule has 0 aliphatic heterocycles. The van der Waals surface area contributed by atoms with Crippen LogP contribution in [0.15, 0.2) is 11.4 Å². The Morgan fingerprint density at radius 2 is 2.35 bits per heavy atom. The van der Waals surface area contributed by atoms with E-state index in [4.69, 9.17) is 5.73 Å². The molecule has 0 spiro atoms. The van der Waals surface area contributed by atoms with Gasteiger partial charge in [-0.3, -0.25) is 0 Å². The molecule has 0 bridgehead atoms. The second-order valence-corrected chi connectivity index (χ2v) is 5.14. The van der Waals surface area contributed by atoms with Gasteiger partial charge in [-0.1, -0.05) is 11.8 Å². The molecular weight excluding hydrogens is 232 g/mol. The lowest BCUT2D eigenvalue weighted by Gasteiger charge is -2.16. The molecule has 3 nitrogen and oxygen atoms in total. The van der Waals surface area contributed by atoms with E-state index in [1.807, 2.05) is 13.0 Å². The number of nitrogens with two attached hydrogens (primary N) is 1. The average Bonchev–Trinajstić information content (AvgIpc) is 2.71. The van der Waals surface area contributed by atoms with E-state index >= 15 is 0 Å². The number of thiophene rings is 1. The largest absolute Gasteiger partial charge is 0.393 e. The van der Waals surface area contributed by atoms with Gasteiger partial charge in [0.2, 0.25) is 0 Å². The number of nitrogens with zero attached hydrogens (tertiary/aromatic N) is 1. The van der Waals surface area contributed by atoms with Gasteiger partial charge in [-0.25, -0.2) is 0 Å². The van der Waals surface area contributed by atoms with E-state index in [1.54, 1.807) is 11.3 Å². The van der Waals surface area contributed by atoms with E-state index in [0.717, 1.165) is 25.1 Å². The number of aliphatic hydroxyl groups is 1. The highest BCUT2D eigenvalue weighted by Crippen LogP contribution is 2.17. The Kier molecular flexibility index (Phi) is 6.23. The maximum atomic E-state index is 9.24. The van der Waals surface area contributed by atoms with E-state index in [0.29, 0.717) is 6.54 Å². The minimum Gasteiger partial charge on any atom is -0.393 e. The molecule has 17 heavy (non-hydrogen) atoms. The summed E-state index contributed by atoms with van der Waals surface area (Å²) in [7, 11) is 2.06. The molecule has 1 rings (SSSR count). The van der Waals surface area contributed by atoms with Gasteiger partial charge in [0.05, 0.1) is 12.6 Å². The molecule has 0 fully saturated rings. The Hall–Kier alpha value is -0.860. The van der Waals surface area contributed by atoms with E-state index in [1.165, 1.54) is 4.88 Å². The van der Waals surface area contributed by atoms with Crippen LogP contribution in [0.5, 0.6) is 0 Å². The minimum atomic E-state index is -0.239. The van der Waals surface area contributed by atoms with Crippen molar-refractivity contribution < 1.29 is 5.11 Å². The summed E-state index contributed by atoms with van der Waals surface area (Å²) in [4.78, 5) is 3.46. The third-order valence-corrected chi connectivity index (χ3v) is 3.32. The van der Waals surface area contributed by atoms with Crippen LogP contribution in [-0.4, -0.2) is 36.2 Å². The van der Waals surface area contributed by atoms with Crippen molar-refractivity contribution in [3.05, 3.63) is 21.9 Å². The lowest BCUT2D eigenvalue weighted by molar-refractivity contribution is 0.163. The highest BCUT2D eigenvalue weighted by atomic mass is 32.1. The first-order chi connectivity index (χ1) is 8.13. The number of rotatable bonds is 5. The molecule has 1 unspecified atom stereocenters. The van der Waals surface area contributed by atoms with E-state index in [2.05, 4.69) is 29.2 Å². The molecule has 0 amide bonds. The van der Waals surface area contributed by atoms with Gasteiger partial charge >= 0.3 is 0 Å². The predicted molar refractivity (Wildman–Crippen MR) is 72.9 cm³/mol. The van der Waals surface area contributed by atoms with Crippen LogP contribution in [-0.2, 0) is 6.54 Å². The van der Waals surface area contributed by atoms with Gasteiger partial charge < -0.3 is 15.7 Å². The monoisotopic (exact) mass is 252 g/mol. The summed E-state index contributed by atoms with van der Waals surface area (Å²) in [6, 6.07) is 2.03. The summed E-state index contributed by atoms with van der Waals surface area (Å²) in [5.74, 6) is 5.96. The molecule has 0 aliphatic carbocycles. The van der Waals surface area contributed by atoms with Crippen LogP contribution in [0.4, 0.5) is 0 Å². The zero-order valence-electron chi connectivity index (χ0n) is 10.4. The second-order valence-electron chi connectivity index (χ2n) is 4.14. The molecule has 1 atom stereocenters. The van der Waals surface area contributed by atoms with Crippen molar-refractivity contribution in [2.45, 2.75) is 26.0 Å². The molecule has 94 valence electrons.